The van der Waals surface area contributed by atoms with Gasteiger partial charge in [-0.15, -0.1) is 0 Å². The van der Waals surface area contributed by atoms with E-state index in [9.17, 15) is 9.59 Å². The Hall–Kier alpha value is -2.86. The van der Waals surface area contributed by atoms with E-state index in [1.165, 1.54) is 7.11 Å². The monoisotopic (exact) mass is 329 g/mol. The molecule has 126 valence electrons. The van der Waals surface area contributed by atoms with E-state index in [1.807, 2.05) is 18.2 Å². The fraction of sp³-hybridized carbons (Fsp3) is 0.222. The lowest BCUT2D eigenvalue weighted by Gasteiger charge is -2.11. The van der Waals surface area contributed by atoms with Gasteiger partial charge in [0.05, 0.1) is 6.61 Å². The fourth-order valence-corrected chi connectivity index (χ4v) is 1.89. The smallest absolute Gasteiger partial charge is 0.342 e. The largest absolute Gasteiger partial charge is 0.456 e. The average molecular weight is 329 g/mol. The van der Waals surface area contributed by atoms with Crippen LogP contribution in [-0.4, -0.2) is 38.7 Å². The van der Waals surface area contributed by atoms with E-state index in [0.29, 0.717) is 24.7 Å². The minimum absolute atomic E-state index is 0.256. The summed E-state index contributed by atoms with van der Waals surface area (Å²) in [6.45, 7) is 0.399. The lowest BCUT2D eigenvalue weighted by atomic mass is 10.2. The number of hydrogen-bond acceptors (Lipinski definition) is 5. The third-order valence-electron chi connectivity index (χ3n) is 3.04. The SMILES string of the molecule is COCCNC(=O)COC(=O)c1ccccc1Oc1ccccc1. The molecule has 1 N–H and O–H groups in total. The summed E-state index contributed by atoms with van der Waals surface area (Å²) in [5.74, 6) is -0.0335. The van der Waals surface area contributed by atoms with Crippen molar-refractivity contribution >= 4 is 11.9 Å². The van der Waals surface area contributed by atoms with E-state index in [0.717, 1.165) is 0 Å². The van der Waals surface area contributed by atoms with E-state index >= 15 is 0 Å². The molecule has 6 heteroatoms. The van der Waals surface area contributed by atoms with Gasteiger partial charge >= 0.3 is 5.97 Å². The minimum atomic E-state index is -0.622. The summed E-state index contributed by atoms with van der Waals surface area (Å²) < 4.78 is 15.5. The molecule has 2 aromatic carbocycles. The van der Waals surface area contributed by atoms with E-state index in [1.54, 1.807) is 36.4 Å². The van der Waals surface area contributed by atoms with Gasteiger partial charge in [-0.2, -0.15) is 0 Å². The summed E-state index contributed by atoms with van der Waals surface area (Å²) in [4.78, 5) is 23.7. The number of carbonyl (C=O) groups is 2. The number of esters is 1. The summed E-state index contributed by atoms with van der Waals surface area (Å²) in [7, 11) is 1.54. The molecule has 0 fully saturated rings. The molecule has 0 aliphatic carbocycles. The van der Waals surface area contributed by atoms with E-state index in [-0.39, 0.29) is 18.1 Å². The number of carbonyl (C=O) groups excluding carboxylic acids is 2. The molecule has 0 aliphatic heterocycles. The molecule has 2 rings (SSSR count). The maximum atomic E-state index is 12.2. The van der Waals surface area contributed by atoms with E-state index < -0.39 is 5.97 Å². The Balaban J connectivity index is 1.96. The van der Waals surface area contributed by atoms with Crippen molar-refractivity contribution in [2.24, 2.45) is 0 Å². The molecule has 0 aromatic heterocycles. The number of rotatable bonds is 8. The number of nitrogens with one attached hydrogen (secondary N) is 1. The van der Waals surface area contributed by atoms with Gasteiger partial charge in [-0.1, -0.05) is 30.3 Å². The highest BCUT2D eigenvalue weighted by atomic mass is 16.5. The Morgan fingerprint density at radius 1 is 1.00 bits per heavy atom. The summed E-state index contributed by atoms with van der Waals surface area (Å²) in [6, 6.07) is 15.8. The predicted octanol–water partition coefficient (Wildman–Crippen LogP) is 2.40. The molecule has 0 aliphatic rings. The second kappa shape index (κ2) is 9.32. The van der Waals surface area contributed by atoms with Crippen LogP contribution in [-0.2, 0) is 14.3 Å². The Kier molecular flexibility index (Phi) is 6.79. The van der Waals surface area contributed by atoms with Crippen molar-refractivity contribution in [3.63, 3.8) is 0 Å². The molecule has 0 heterocycles. The van der Waals surface area contributed by atoms with Gasteiger partial charge in [-0.05, 0) is 24.3 Å². The topological polar surface area (TPSA) is 73.9 Å². The van der Waals surface area contributed by atoms with Crippen LogP contribution in [0.25, 0.3) is 0 Å². The number of amides is 1. The van der Waals surface area contributed by atoms with Crippen molar-refractivity contribution < 1.29 is 23.8 Å². The lowest BCUT2D eigenvalue weighted by Crippen LogP contribution is -2.31. The molecule has 0 spiro atoms. The molecule has 1 amide bonds. The van der Waals surface area contributed by atoms with Crippen molar-refractivity contribution in [1.82, 2.24) is 5.32 Å². The van der Waals surface area contributed by atoms with Gasteiger partial charge in [0.25, 0.3) is 5.91 Å². The zero-order valence-corrected chi connectivity index (χ0v) is 13.4. The quantitative estimate of drug-likeness (QED) is 0.595. The highest BCUT2D eigenvalue weighted by Crippen LogP contribution is 2.25. The molecular formula is C18H19NO5. The lowest BCUT2D eigenvalue weighted by molar-refractivity contribution is -0.124. The molecule has 24 heavy (non-hydrogen) atoms. The van der Waals surface area contributed by atoms with Crippen LogP contribution in [0.3, 0.4) is 0 Å². The number of ether oxygens (including phenoxy) is 3. The molecule has 0 bridgehead atoms. The molecule has 2 aromatic rings. The van der Waals surface area contributed by atoms with Crippen molar-refractivity contribution in [3.05, 3.63) is 60.2 Å². The first-order chi connectivity index (χ1) is 11.7. The first-order valence-electron chi connectivity index (χ1n) is 7.45. The average Bonchev–Trinajstić information content (AvgIpc) is 2.61. The predicted molar refractivity (Wildman–Crippen MR) is 88.1 cm³/mol. The first kappa shape index (κ1) is 17.5. The molecule has 0 unspecified atom stereocenters. The molecular weight excluding hydrogens is 310 g/mol. The van der Waals surface area contributed by atoms with Gasteiger partial charge in [-0.3, -0.25) is 4.79 Å². The number of hydrogen-bond donors (Lipinski definition) is 1. The summed E-state index contributed by atoms with van der Waals surface area (Å²) >= 11 is 0. The van der Waals surface area contributed by atoms with Gasteiger partial charge in [0.15, 0.2) is 6.61 Å². The number of benzene rings is 2. The van der Waals surface area contributed by atoms with Crippen LogP contribution in [0.2, 0.25) is 0 Å². The van der Waals surface area contributed by atoms with Crippen molar-refractivity contribution in [3.8, 4) is 11.5 Å². The van der Waals surface area contributed by atoms with Crippen LogP contribution in [0.15, 0.2) is 54.6 Å². The van der Waals surface area contributed by atoms with Crippen molar-refractivity contribution in [2.75, 3.05) is 26.9 Å². The second-order valence-electron chi connectivity index (χ2n) is 4.83. The fourth-order valence-electron chi connectivity index (χ4n) is 1.89. The second-order valence-corrected chi connectivity index (χ2v) is 4.83. The molecule has 6 nitrogen and oxygen atoms in total. The third kappa shape index (κ3) is 5.40. The van der Waals surface area contributed by atoms with Gasteiger partial charge < -0.3 is 19.5 Å². The highest BCUT2D eigenvalue weighted by molar-refractivity contribution is 5.94. The maximum absolute atomic E-state index is 12.2. The van der Waals surface area contributed by atoms with Crippen LogP contribution < -0.4 is 10.1 Å². The Morgan fingerprint density at radius 3 is 2.46 bits per heavy atom. The maximum Gasteiger partial charge on any atom is 0.342 e. The van der Waals surface area contributed by atoms with Gasteiger partial charge in [0.2, 0.25) is 0 Å². The Labute approximate surface area is 140 Å². The third-order valence-corrected chi connectivity index (χ3v) is 3.04. The van der Waals surface area contributed by atoms with Gasteiger partial charge in [-0.25, -0.2) is 4.79 Å². The summed E-state index contributed by atoms with van der Waals surface area (Å²) in [5.41, 5.74) is 0.256. The Morgan fingerprint density at radius 2 is 1.71 bits per heavy atom. The normalized spacial score (nSPS) is 10.0. The van der Waals surface area contributed by atoms with Crippen molar-refractivity contribution in [2.45, 2.75) is 0 Å². The van der Waals surface area contributed by atoms with Crippen LogP contribution >= 0.6 is 0 Å². The minimum Gasteiger partial charge on any atom is -0.456 e. The Bertz CT molecular complexity index is 672. The zero-order valence-electron chi connectivity index (χ0n) is 13.4. The molecule has 0 saturated carbocycles. The molecule has 0 saturated heterocycles. The zero-order chi connectivity index (χ0) is 17.2. The standard InChI is InChI=1S/C18H19NO5/c1-22-12-11-19-17(20)13-23-18(21)15-9-5-6-10-16(15)24-14-7-3-2-4-8-14/h2-10H,11-13H2,1H3,(H,19,20). The summed E-state index contributed by atoms with van der Waals surface area (Å²) in [5, 5.41) is 2.57. The van der Waals surface area contributed by atoms with Gasteiger partial charge in [0.1, 0.15) is 17.1 Å². The first-order valence-corrected chi connectivity index (χ1v) is 7.45. The van der Waals surface area contributed by atoms with E-state index in [4.69, 9.17) is 14.2 Å². The number of methoxy groups -OCH3 is 1. The number of para-hydroxylation sites is 2. The van der Waals surface area contributed by atoms with Crippen molar-refractivity contribution in [1.29, 1.82) is 0 Å². The molecule has 0 atom stereocenters. The van der Waals surface area contributed by atoms with E-state index in [2.05, 4.69) is 5.32 Å². The van der Waals surface area contributed by atoms with Crippen LogP contribution in [0.5, 0.6) is 11.5 Å². The summed E-state index contributed by atoms with van der Waals surface area (Å²) in [6.07, 6.45) is 0. The van der Waals surface area contributed by atoms with Crippen LogP contribution in [0.1, 0.15) is 10.4 Å². The molecule has 0 radical (unpaired) electrons. The van der Waals surface area contributed by atoms with Gasteiger partial charge in [0, 0.05) is 13.7 Å². The highest BCUT2D eigenvalue weighted by Gasteiger charge is 2.15. The van der Waals surface area contributed by atoms with Crippen LogP contribution in [0.4, 0.5) is 0 Å². The van der Waals surface area contributed by atoms with Crippen LogP contribution in [0, 0.1) is 0 Å².